The summed E-state index contributed by atoms with van der Waals surface area (Å²) in [6, 6.07) is 23.6. The van der Waals surface area contributed by atoms with Gasteiger partial charge >= 0.3 is 0 Å². The Hall–Kier alpha value is -4.28. The number of nitro groups is 1. The maximum absolute atomic E-state index is 14.0. The summed E-state index contributed by atoms with van der Waals surface area (Å²) in [6.45, 7) is 0. The van der Waals surface area contributed by atoms with Crippen LogP contribution in [0.25, 0.3) is 10.8 Å². The van der Waals surface area contributed by atoms with Crippen molar-refractivity contribution in [1.82, 2.24) is 0 Å². The Labute approximate surface area is 225 Å². The van der Waals surface area contributed by atoms with Crippen LogP contribution in [0.5, 0.6) is 5.75 Å². The van der Waals surface area contributed by atoms with Crippen molar-refractivity contribution in [2.24, 2.45) is 5.92 Å². The van der Waals surface area contributed by atoms with E-state index >= 15 is 0 Å². The number of hydrogen-bond acceptors (Lipinski definition) is 7. The second kappa shape index (κ2) is 9.23. The van der Waals surface area contributed by atoms with E-state index in [1.807, 2.05) is 30.3 Å². The fraction of sp³-hybridized carbons (Fsp3) is 0.143. The van der Waals surface area contributed by atoms with Crippen LogP contribution in [0.4, 0.5) is 17.1 Å². The number of non-ortho nitro benzene ring substituents is 1. The molecule has 0 N–H and O–H groups in total. The standard InChI is InChI=1S/C28H20BrN3O6/c1-37-23-13-12-17(14-21(23)29)25-24-26(38-31(25)18-8-5-9-19(15-18)32(35)36)28(34)30(27(24)33)22-11-4-7-16-6-2-3-10-20(16)22/h2-15,24-26H,1H3/t24-,25-,26-/m0/s1. The molecular formula is C28H20BrN3O6. The van der Waals surface area contributed by atoms with E-state index in [2.05, 4.69) is 15.9 Å². The molecule has 38 heavy (non-hydrogen) atoms. The van der Waals surface area contributed by atoms with Gasteiger partial charge in [-0.1, -0.05) is 48.5 Å². The molecule has 190 valence electrons. The van der Waals surface area contributed by atoms with E-state index in [1.54, 1.807) is 43.5 Å². The van der Waals surface area contributed by atoms with Gasteiger partial charge in [-0.2, -0.15) is 0 Å². The number of carbonyl (C=O) groups is 2. The molecule has 0 aliphatic carbocycles. The number of ether oxygens (including phenoxy) is 1. The van der Waals surface area contributed by atoms with Gasteiger partial charge in [-0.05, 0) is 51.1 Å². The number of nitrogens with zero attached hydrogens (tertiary/aromatic N) is 3. The molecule has 2 saturated heterocycles. The third kappa shape index (κ3) is 3.72. The number of fused-ring (bicyclic) bond motifs is 2. The Morgan fingerprint density at radius 3 is 2.47 bits per heavy atom. The molecule has 0 bridgehead atoms. The smallest absolute Gasteiger partial charge is 0.271 e. The maximum atomic E-state index is 14.0. The van der Waals surface area contributed by atoms with Gasteiger partial charge in [0, 0.05) is 17.5 Å². The van der Waals surface area contributed by atoms with Gasteiger partial charge in [-0.15, -0.1) is 0 Å². The molecule has 0 radical (unpaired) electrons. The minimum absolute atomic E-state index is 0.132. The first-order chi connectivity index (χ1) is 18.4. The van der Waals surface area contributed by atoms with Crippen LogP contribution >= 0.6 is 15.9 Å². The number of anilines is 2. The molecule has 2 amide bonds. The first kappa shape index (κ1) is 24.1. The zero-order valence-corrected chi connectivity index (χ0v) is 21.6. The normalized spacial score (nSPS) is 20.7. The molecule has 0 spiro atoms. The summed E-state index contributed by atoms with van der Waals surface area (Å²) in [7, 11) is 1.55. The molecule has 10 heteroatoms. The van der Waals surface area contributed by atoms with Crippen molar-refractivity contribution in [1.29, 1.82) is 0 Å². The lowest BCUT2D eigenvalue weighted by Gasteiger charge is -2.29. The van der Waals surface area contributed by atoms with Crippen LogP contribution in [0.3, 0.4) is 0 Å². The fourth-order valence-electron chi connectivity index (χ4n) is 5.23. The van der Waals surface area contributed by atoms with Gasteiger partial charge in [0.15, 0.2) is 6.10 Å². The number of nitro benzene ring substituents is 1. The highest BCUT2D eigenvalue weighted by Crippen LogP contribution is 2.49. The summed E-state index contributed by atoms with van der Waals surface area (Å²) >= 11 is 3.50. The average Bonchev–Trinajstić information content (AvgIpc) is 3.44. The lowest BCUT2D eigenvalue weighted by atomic mass is 9.90. The molecule has 2 heterocycles. The Morgan fingerprint density at radius 2 is 1.71 bits per heavy atom. The summed E-state index contributed by atoms with van der Waals surface area (Å²) in [6.07, 6.45) is -1.10. The Morgan fingerprint density at radius 1 is 0.947 bits per heavy atom. The van der Waals surface area contributed by atoms with E-state index in [1.165, 1.54) is 28.2 Å². The molecule has 3 atom stereocenters. The number of benzene rings is 4. The summed E-state index contributed by atoms with van der Waals surface area (Å²) in [5.41, 5.74) is 1.40. The largest absolute Gasteiger partial charge is 0.496 e. The second-order valence-corrected chi connectivity index (χ2v) is 9.86. The summed E-state index contributed by atoms with van der Waals surface area (Å²) in [5.74, 6) is -1.18. The zero-order chi connectivity index (χ0) is 26.6. The molecule has 2 aliphatic rings. The number of rotatable bonds is 5. The second-order valence-electron chi connectivity index (χ2n) is 9.00. The van der Waals surface area contributed by atoms with E-state index in [4.69, 9.17) is 9.57 Å². The quantitative estimate of drug-likeness (QED) is 0.175. The van der Waals surface area contributed by atoms with Gasteiger partial charge in [-0.3, -0.25) is 24.5 Å². The number of halogens is 1. The number of amides is 2. The molecule has 0 unspecified atom stereocenters. The van der Waals surface area contributed by atoms with Crippen LogP contribution < -0.4 is 14.7 Å². The predicted octanol–water partition coefficient (Wildman–Crippen LogP) is 5.57. The third-order valence-corrected chi connectivity index (χ3v) is 7.56. The van der Waals surface area contributed by atoms with Crippen molar-refractivity contribution < 1.29 is 24.1 Å². The van der Waals surface area contributed by atoms with Gasteiger partial charge in [0.05, 0.1) is 33.9 Å². The Kier molecular flexibility index (Phi) is 5.85. The first-order valence-electron chi connectivity index (χ1n) is 11.8. The minimum atomic E-state index is -1.10. The zero-order valence-electron chi connectivity index (χ0n) is 20.0. The third-order valence-electron chi connectivity index (χ3n) is 6.94. The molecule has 0 saturated carbocycles. The van der Waals surface area contributed by atoms with Gasteiger partial charge in [0.1, 0.15) is 11.7 Å². The lowest BCUT2D eigenvalue weighted by molar-refractivity contribution is -0.384. The van der Waals surface area contributed by atoms with Crippen molar-refractivity contribution in [3.63, 3.8) is 0 Å². The molecule has 6 rings (SSSR count). The molecule has 9 nitrogen and oxygen atoms in total. The van der Waals surface area contributed by atoms with Crippen molar-refractivity contribution in [3.05, 3.63) is 105 Å². The van der Waals surface area contributed by atoms with Crippen LogP contribution in [0.1, 0.15) is 11.6 Å². The molecule has 0 aromatic heterocycles. The van der Waals surface area contributed by atoms with E-state index < -0.39 is 34.8 Å². The van der Waals surface area contributed by atoms with Crippen molar-refractivity contribution in [2.45, 2.75) is 12.1 Å². The average molecular weight is 574 g/mol. The van der Waals surface area contributed by atoms with Gasteiger partial charge in [-0.25, -0.2) is 9.96 Å². The summed E-state index contributed by atoms with van der Waals surface area (Å²) in [4.78, 5) is 46.1. The number of imide groups is 1. The van der Waals surface area contributed by atoms with Crippen molar-refractivity contribution >= 4 is 55.6 Å². The topological polar surface area (TPSA) is 102 Å². The van der Waals surface area contributed by atoms with E-state index in [0.29, 0.717) is 27.2 Å². The van der Waals surface area contributed by atoms with Gasteiger partial charge in [0.25, 0.3) is 11.6 Å². The highest BCUT2D eigenvalue weighted by Gasteiger charge is 2.60. The van der Waals surface area contributed by atoms with Gasteiger partial charge in [0.2, 0.25) is 5.91 Å². The Balaban J connectivity index is 1.48. The van der Waals surface area contributed by atoms with Crippen LogP contribution in [0.2, 0.25) is 0 Å². The van der Waals surface area contributed by atoms with E-state index in [0.717, 1.165) is 10.8 Å². The summed E-state index contributed by atoms with van der Waals surface area (Å²) in [5, 5.41) is 14.6. The predicted molar refractivity (Wildman–Crippen MR) is 144 cm³/mol. The molecule has 2 fully saturated rings. The van der Waals surface area contributed by atoms with Gasteiger partial charge < -0.3 is 4.74 Å². The molecule has 4 aromatic rings. The number of carbonyl (C=O) groups excluding carboxylic acids is 2. The molecule has 4 aromatic carbocycles. The summed E-state index contributed by atoms with van der Waals surface area (Å²) < 4.78 is 6.02. The fourth-order valence-corrected chi connectivity index (χ4v) is 5.79. The lowest BCUT2D eigenvalue weighted by Crippen LogP contribution is -2.37. The van der Waals surface area contributed by atoms with Crippen LogP contribution in [-0.4, -0.2) is 30.0 Å². The SMILES string of the molecule is COc1ccc([C@H]2[C@@H]3C(=O)N(c4cccc5ccccc45)C(=O)[C@H]3ON2c2cccc([N+](=O)[O-])c2)cc1Br. The Bertz CT molecular complexity index is 1620. The van der Waals surface area contributed by atoms with E-state index in [9.17, 15) is 19.7 Å². The highest BCUT2D eigenvalue weighted by molar-refractivity contribution is 9.10. The van der Waals surface area contributed by atoms with Crippen LogP contribution in [0.15, 0.2) is 89.4 Å². The highest BCUT2D eigenvalue weighted by atomic mass is 79.9. The molecule has 2 aliphatic heterocycles. The maximum Gasteiger partial charge on any atom is 0.271 e. The number of hydrogen-bond donors (Lipinski definition) is 0. The van der Waals surface area contributed by atoms with Crippen molar-refractivity contribution in [2.75, 3.05) is 17.1 Å². The first-order valence-corrected chi connectivity index (χ1v) is 12.6. The number of hydroxylamine groups is 1. The van der Waals surface area contributed by atoms with Crippen LogP contribution in [-0.2, 0) is 14.4 Å². The van der Waals surface area contributed by atoms with E-state index in [-0.39, 0.29) is 5.69 Å². The minimum Gasteiger partial charge on any atom is -0.496 e. The number of methoxy groups -OCH3 is 1. The molecular weight excluding hydrogens is 554 g/mol. The monoisotopic (exact) mass is 573 g/mol. The van der Waals surface area contributed by atoms with Crippen LogP contribution in [0, 0.1) is 16.0 Å². The van der Waals surface area contributed by atoms with Crippen molar-refractivity contribution in [3.8, 4) is 5.75 Å².